The second kappa shape index (κ2) is 13.4. The number of hydrogen-bond acceptors (Lipinski definition) is 2. The van der Waals surface area contributed by atoms with E-state index in [2.05, 4.69) is 197 Å². The zero-order valence-corrected chi connectivity index (χ0v) is 29.5. The average molecular weight is 672 g/mol. The molecular weight excluding hydrogens is 631 g/mol. The van der Waals surface area contributed by atoms with Crippen LogP contribution in [0.25, 0.3) is 38.5 Å². The largest absolute Gasteiger partial charge is 0.344 e. The molecule has 0 amide bonds. The fraction of sp³-hybridized carbons (Fsp3) is 0.102. The molecule has 0 spiro atoms. The van der Waals surface area contributed by atoms with Gasteiger partial charge in [-0.3, -0.25) is 0 Å². The van der Waals surface area contributed by atoms with Crippen molar-refractivity contribution in [3.8, 4) is 11.1 Å². The van der Waals surface area contributed by atoms with Crippen molar-refractivity contribution in [1.82, 2.24) is 4.57 Å². The van der Waals surface area contributed by atoms with Crippen LogP contribution in [0.15, 0.2) is 183 Å². The molecule has 0 saturated heterocycles. The van der Waals surface area contributed by atoms with E-state index in [0.717, 1.165) is 36.4 Å². The lowest BCUT2D eigenvalue weighted by Gasteiger charge is -2.34. The van der Waals surface area contributed by atoms with Gasteiger partial charge >= 0.3 is 0 Å². The molecule has 1 aromatic heterocycles. The number of aryl methyl sites for hydroxylation is 1. The fourth-order valence-electron chi connectivity index (χ4n) is 8.15. The summed E-state index contributed by atoms with van der Waals surface area (Å²) in [5.41, 5.74) is 14.4. The smallest absolute Gasteiger partial charge is 0.0509 e. The van der Waals surface area contributed by atoms with Gasteiger partial charge in [-0.05, 0) is 108 Å². The van der Waals surface area contributed by atoms with Crippen LogP contribution in [0.3, 0.4) is 0 Å². The summed E-state index contributed by atoms with van der Waals surface area (Å²) in [6.07, 6.45) is 1.97. The number of benzene rings is 7. The van der Waals surface area contributed by atoms with E-state index in [1.807, 2.05) is 0 Å². The van der Waals surface area contributed by atoms with E-state index in [0.29, 0.717) is 5.92 Å². The van der Waals surface area contributed by atoms with Crippen molar-refractivity contribution in [3.63, 3.8) is 0 Å². The van der Waals surface area contributed by atoms with Gasteiger partial charge in [0.1, 0.15) is 0 Å². The molecule has 52 heavy (non-hydrogen) atoms. The Hall–Kier alpha value is -6.32. The summed E-state index contributed by atoms with van der Waals surface area (Å²) in [5, 5.41) is 2.55. The summed E-state index contributed by atoms with van der Waals surface area (Å²) in [6.45, 7) is 5.61. The van der Waals surface area contributed by atoms with E-state index in [1.54, 1.807) is 0 Å². The normalized spacial score (nSPS) is 14.6. The predicted octanol–water partition coefficient (Wildman–Crippen LogP) is 13.2. The molecule has 252 valence electrons. The van der Waals surface area contributed by atoms with Gasteiger partial charge in [-0.1, -0.05) is 116 Å². The van der Waals surface area contributed by atoms with Gasteiger partial charge < -0.3 is 14.4 Å². The predicted molar refractivity (Wildman–Crippen MR) is 221 cm³/mol. The summed E-state index contributed by atoms with van der Waals surface area (Å²) in [5.74, 6) is 0.390. The van der Waals surface area contributed by atoms with Gasteiger partial charge in [0.15, 0.2) is 0 Å². The van der Waals surface area contributed by atoms with E-state index in [4.69, 9.17) is 6.58 Å². The Balaban J connectivity index is 1.13. The van der Waals surface area contributed by atoms with E-state index in [9.17, 15) is 0 Å². The third kappa shape index (κ3) is 5.75. The minimum absolute atomic E-state index is 0.390. The quantitative estimate of drug-likeness (QED) is 0.174. The molecule has 0 saturated carbocycles. The van der Waals surface area contributed by atoms with Gasteiger partial charge in [0, 0.05) is 63.9 Å². The third-order valence-corrected chi connectivity index (χ3v) is 10.8. The maximum absolute atomic E-state index is 4.71. The third-order valence-electron chi connectivity index (χ3n) is 10.8. The molecule has 0 fully saturated rings. The van der Waals surface area contributed by atoms with Crippen LogP contribution in [0.2, 0.25) is 0 Å². The number of nitrogens with zero attached hydrogens (tertiary/aromatic N) is 3. The minimum atomic E-state index is 0.390. The standard InChI is InChI=1S/C49H41N3/c1-35-32-39(37-16-8-4-9-17-37)30-31-51(48-29-22-38(33-46(35)48)36-14-6-3-7-15-36)40-23-25-42(26-24-40)52(41-18-10-5-11-19-41)43-27-28-45-44-20-12-13-21-47(44)50(2)49(45)34-43/h3-29,33-34,39H,1,30-32H2,2H3. The lowest BCUT2D eigenvalue weighted by Crippen LogP contribution is -2.24. The number of hydrogen-bond donors (Lipinski definition) is 0. The van der Waals surface area contributed by atoms with E-state index >= 15 is 0 Å². The van der Waals surface area contributed by atoms with Crippen LogP contribution in [0.4, 0.5) is 28.4 Å². The number of rotatable bonds is 6. The molecule has 9 rings (SSSR count). The summed E-state index contributed by atoms with van der Waals surface area (Å²) in [7, 11) is 2.16. The summed E-state index contributed by atoms with van der Waals surface area (Å²) < 4.78 is 2.31. The van der Waals surface area contributed by atoms with Crippen LogP contribution in [-0.2, 0) is 7.05 Å². The van der Waals surface area contributed by atoms with E-state index in [-0.39, 0.29) is 0 Å². The number of aromatic nitrogens is 1. The highest BCUT2D eigenvalue weighted by Crippen LogP contribution is 2.44. The average Bonchev–Trinajstić information content (AvgIpc) is 3.49. The van der Waals surface area contributed by atoms with Crippen molar-refractivity contribution < 1.29 is 0 Å². The van der Waals surface area contributed by atoms with Crippen LogP contribution < -0.4 is 9.80 Å². The molecule has 8 aromatic rings. The lowest BCUT2D eigenvalue weighted by molar-refractivity contribution is 0.636. The van der Waals surface area contributed by atoms with Gasteiger partial charge in [0.25, 0.3) is 0 Å². The molecular formula is C49H41N3. The van der Waals surface area contributed by atoms with Gasteiger partial charge in [-0.2, -0.15) is 0 Å². The maximum atomic E-state index is 4.71. The first-order valence-corrected chi connectivity index (χ1v) is 18.2. The Morgan fingerprint density at radius 1 is 0.558 bits per heavy atom. The molecule has 0 bridgehead atoms. The molecule has 1 aliphatic rings. The molecule has 7 aromatic carbocycles. The van der Waals surface area contributed by atoms with Gasteiger partial charge in [-0.15, -0.1) is 0 Å². The number of fused-ring (bicyclic) bond motifs is 4. The van der Waals surface area contributed by atoms with Crippen molar-refractivity contribution in [2.75, 3.05) is 16.3 Å². The first kappa shape index (κ1) is 31.6. The zero-order chi connectivity index (χ0) is 35.0. The fourth-order valence-corrected chi connectivity index (χ4v) is 8.15. The monoisotopic (exact) mass is 671 g/mol. The highest BCUT2D eigenvalue weighted by molar-refractivity contribution is 6.09. The molecule has 1 aliphatic heterocycles. The van der Waals surface area contributed by atoms with Crippen molar-refractivity contribution in [2.24, 2.45) is 7.05 Å². The summed E-state index contributed by atoms with van der Waals surface area (Å²) in [6, 6.07) is 63.9. The van der Waals surface area contributed by atoms with Crippen LogP contribution in [0.5, 0.6) is 0 Å². The molecule has 0 radical (unpaired) electrons. The van der Waals surface area contributed by atoms with Crippen molar-refractivity contribution in [2.45, 2.75) is 18.8 Å². The number of para-hydroxylation sites is 2. The lowest BCUT2D eigenvalue weighted by atomic mass is 9.84. The molecule has 3 heteroatoms. The van der Waals surface area contributed by atoms with Gasteiger partial charge in [0.2, 0.25) is 0 Å². The van der Waals surface area contributed by atoms with Crippen LogP contribution in [0, 0.1) is 0 Å². The van der Waals surface area contributed by atoms with Crippen LogP contribution in [-0.4, -0.2) is 11.1 Å². The SMILES string of the molecule is C=C1CC(c2ccccc2)CCN(c2ccc(N(c3ccccc3)c3ccc4c5ccccc5n(C)c4c3)cc2)c2ccc(-c3ccccc3)cc21. The van der Waals surface area contributed by atoms with E-state index < -0.39 is 0 Å². The van der Waals surface area contributed by atoms with Crippen molar-refractivity contribution in [3.05, 3.63) is 194 Å². The minimum Gasteiger partial charge on any atom is -0.344 e. The first-order valence-electron chi connectivity index (χ1n) is 18.2. The number of anilines is 5. The van der Waals surface area contributed by atoms with E-state index in [1.165, 1.54) is 61.0 Å². The molecule has 0 N–H and O–H groups in total. The molecule has 0 aliphatic carbocycles. The Bertz CT molecular complexity index is 2510. The highest BCUT2D eigenvalue weighted by Gasteiger charge is 2.25. The highest BCUT2D eigenvalue weighted by atomic mass is 15.2. The Morgan fingerprint density at radius 2 is 1.19 bits per heavy atom. The second-order valence-electron chi connectivity index (χ2n) is 13.9. The van der Waals surface area contributed by atoms with Crippen LogP contribution >= 0.6 is 0 Å². The van der Waals surface area contributed by atoms with Crippen molar-refractivity contribution >= 4 is 55.8 Å². The van der Waals surface area contributed by atoms with Gasteiger partial charge in [-0.25, -0.2) is 0 Å². The molecule has 1 unspecified atom stereocenters. The molecule has 3 nitrogen and oxygen atoms in total. The Kier molecular flexibility index (Phi) is 8.17. The second-order valence-corrected chi connectivity index (χ2v) is 13.9. The summed E-state index contributed by atoms with van der Waals surface area (Å²) >= 11 is 0. The topological polar surface area (TPSA) is 11.4 Å². The van der Waals surface area contributed by atoms with Crippen LogP contribution in [0.1, 0.15) is 29.9 Å². The molecule has 2 heterocycles. The van der Waals surface area contributed by atoms with Gasteiger partial charge in [0.05, 0.1) is 5.52 Å². The maximum Gasteiger partial charge on any atom is 0.0509 e. The zero-order valence-electron chi connectivity index (χ0n) is 29.5. The van der Waals surface area contributed by atoms with Crippen molar-refractivity contribution in [1.29, 1.82) is 0 Å². The Morgan fingerprint density at radius 3 is 1.96 bits per heavy atom. The molecule has 1 atom stereocenters. The summed E-state index contributed by atoms with van der Waals surface area (Å²) in [4.78, 5) is 4.87. The number of allylic oxidation sites excluding steroid dienone is 1. The first-order chi connectivity index (χ1) is 25.6. The Labute approximate surface area is 306 Å².